The molecule has 3 heterocycles. The van der Waals surface area contributed by atoms with Crippen LogP contribution < -0.4 is 5.32 Å². The maximum Gasteiger partial charge on any atom is 0.194 e. The Labute approximate surface area is 153 Å². The number of hydrogen-bond acceptors (Lipinski definition) is 5. The molecule has 0 amide bonds. The summed E-state index contributed by atoms with van der Waals surface area (Å²) >= 11 is 0. The molecule has 8 nitrogen and oxygen atoms in total. The van der Waals surface area contributed by atoms with E-state index in [-0.39, 0.29) is 36.2 Å². The molecule has 0 saturated carbocycles. The number of halogens is 1. The normalized spacial score (nSPS) is 25.3. The molecular formula is C14H25IN6O2. The van der Waals surface area contributed by atoms with Crippen molar-refractivity contribution >= 4 is 29.9 Å². The van der Waals surface area contributed by atoms with Gasteiger partial charge in [0.15, 0.2) is 5.96 Å². The molecule has 1 aromatic heterocycles. The van der Waals surface area contributed by atoms with Crippen molar-refractivity contribution in [2.24, 2.45) is 12.0 Å². The lowest BCUT2D eigenvalue weighted by molar-refractivity contribution is -0.0817. The highest BCUT2D eigenvalue weighted by Crippen LogP contribution is 2.21. The fourth-order valence-corrected chi connectivity index (χ4v) is 2.96. The number of guanidine groups is 1. The van der Waals surface area contributed by atoms with Gasteiger partial charge in [-0.25, -0.2) is 4.98 Å². The number of hydrogen-bond donors (Lipinski definition) is 1. The van der Waals surface area contributed by atoms with Crippen LogP contribution in [-0.2, 0) is 23.1 Å². The SMILES string of the molecule is CN=C(NCc1ncnn1C)N1CCOC(C2CCCO2)C1.I. The first kappa shape index (κ1) is 18.4. The Hall–Kier alpha value is -0.940. The van der Waals surface area contributed by atoms with E-state index in [1.54, 1.807) is 18.1 Å². The molecule has 2 aliphatic rings. The lowest BCUT2D eigenvalue weighted by atomic mass is 10.1. The van der Waals surface area contributed by atoms with Crippen LogP contribution in [0.15, 0.2) is 11.3 Å². The van der Waals surface area contributed by atoms with E-state index >= 15 is 0 Å². The van der Waals surface area contributed by atoms with Crippen LogP contribution >= 0.6 is 24.0 Å². The van der Waals surface area contributed by atoms with Gasteiger partial charge in [-0.05, 0) is 12.8 Å². The molecule has 2 atom stereocenters. The highest BCUT2D eigenvalue weighted by atomic mass is 127. The van der Waals surface area contributed by atoms with Crippen molar-refractivity contribution in [3.63, 3.8) is 0 Å². The van der Waals surface area contributed by atoms with E-state index in [2.05, 4.69) is 25.3 Å². The van der Waals surface area contributed by atoms with Crippen LogP contribution in [0.4, 0.5) is 0 Å². The monoisotopic (exact) mass is 436 g/mol. The van der Waals surface area contributed by atoms with Crippen molar-refractivity contribution in [3.05, 3.63) is 12.2 Å². The number of rotatable bonds is 3. The summed E-state index contributed by atoms with van der Waals surface area (Å²) in [5, 5.41) is 7.42. The van der Waals surface area contributed by atoms with Gasteiger partial charge in [0.05, 0.1) is 19.3 Å². The zero-order chi connectivity index (χ0) is 15.4. The summed E-state index contributed by atoms with van der Waals surface area (Å²) in [6, 6.07) is 0. The molecular weight excluding hydrogens is 411 g/mol. The molecule has 0 bridgehead atoms. The van der Waals surface area contributed by atoms with E-state index in [0.29, 0.717) is 13.2 Å². The summed E-state index contributed by atoms with van der Waals surface area (Å²) in [5.41, 5.74) is 0. The highest BCUT2D eigenvalue weighted by Gasteiger charge is 2.32. The van der Waals surface area contributed by atoms with Gasteiger partial charge in [0, 0.05) is 33.8 Å². The third-order valence-corrected chi connectivity index (χ3v) is 4.19. The molecule has 2 fully saturated rings. The average molecular weight is 436 g/mol. The van der Waals surface area contributed by atoms with Crippen molar-refractivity contribution in [1.82, 2.24) is 25.0 Å². The second-order valence-electron chi connectivity index (χ2n) is 5.61. The van der Waals surface area contributed by atoms with Gasteiger partial charge in [-0.1, -0.05) is 0 Å². The molecule has 2 saturated heterocycles. The zero-order valence-corrected chi connectivity index (χ0v) is 16.0. The number of aryl methyl sites for hydroxylation is 1. The van der Waals surface area contributed by atoms with Crippen molar-refractivity contribution in [1.29, 1.82) is 0 Å². The van der Waals surface area contributed by atoms with E-state index in [4.69, 9.17) is 9.47 Å². The molecule has 1 N–H and O–H groups in total. The smallest absolute Gasteiger partial charge is 0.194 e. The molecule has 0 aliphatic carbocycles. The number of aliphatic imine (C=N–C) groups is 1. The van der Waals surface area contributed by atoms with Crippen LogP contribution in [0.25, 0.3) is 0 Å². The number of morpholine rings is 1. The standard InChI is InChI=1S/C14H24N6O2.HI/c1-15-14(16-8-13-17-10-18-19(13)2)20-5-7-22-12(9-20)11-4-3-6-21-11;/h10-12H,3-9H2,1-2H3,(H,15,16);1H. The minimum atomic E-state index is 0. The predicted molar refractivity (Wildman–Crippen MR) is 96.9 cm³/mol. The van der Waals surface area contributed by atoms with Gasteiger partial charge < -0.3 is 19.7 Å². The third-order valence-electron chi connectivity index (χ3n) is 4.19. The van der Waals surface area contributed by atoms with Crippen LogP contribution in [0.1, 0.15) is 18.7 Å². The quantitative estimate of drug-likeness (QED) is 0.420. The van der Waals surface area contributed by atoms with Gasteiger partial charge in [0.1, 0.15) is 18.3 Å². The average Bonchev–Trinajstić information content (AvgIpc) is 3.20. The molecule has 0 spiro atoms. The fourth-order valence-electron chi connectivity index (χ4n) is 2.96. The van der Waals surface area contributed by atoms with E-state index in [1.165, 1.54) is 0 Å². The van der Waals surface area contributed by atoms with Crippen LogP contribution in [0.3, 0.4) is 0 Å². The van der Waals surface area contributed by atoms with E-state index < -0.39 is 0 Å². The predicted octanol–water partition coefficient (Wildman–Crippen LogP) is 0.388. The van der Waals surface area contributed by atoms with Crippen LogP contribution in [0.2, 0.25) is 0 Å². The van der Waals surface area contributed by atoms with E-state index in [9.17, 15) is 0 Å². The van der Waals surface area contributed by atoms with Gasteiger partial charge in [0.2, 0.25) is 0 Å². The van der Waals surface area contributed by atoms with Gasteiger partial charge in [-0.2, -0.15) is 5.10 Å². The number of ether oxygens (including phenoxy) is 2. The second-order valence-corrected chi connectivity index (χ2v) is 5.61. The summed E-state index contributed by atoms with van der Waals surface area (Å²) in [4.78, 5) is 10.8. The maximum atomic E-state index is 5.88. The molecule has 9 heteroatoms. The molecule has 3 rings (SSSR count). The maximum absolute atomic E-state index is 5.88. The number of aromatic nitrogens is 3. The first-order valence-electron chi connectivity index (χ1n) is 7.79. The summed E-state index contributed by atoms with van der Waals surface area (Å²) in [6.45, 7) is 3.80. The summed E-state index contributed by atoms with van der Waals surface area (Å²) in [6.07, 6.45) is 4.12. The Bertz CT molecular complexity index is 517. The molecule has 1 aromatic rings. The summed E-state index contributed by atoms with van der Waals surface area (Å²) in [5.74, 6) is 1.75. The Morgan fingerprint density at radius 1 is 1.39 bits per heavy atom. The molecule has 2 aliphatic heterocycles. The van der Waals surface area contributed by atoms with Crippen molar-refractivity contribution in [3.8, 4) is 0 Å². The zero-order valence-electron chi connectivity index (χ0n) is 13.6. The lowest BCUT2D eigenvalue weighted by Gasteiger charge is -2.37. The molecule has 23 heavy (non-hydrogen) atoms. The molecule has 0 aromatic carbocycles. The van der Waals surface area contributed by atoms with Gasteiger partial charge in [0.25, 0.3) is 0 Å². The summed E-state index contributed by atoms with van der Waals surface area (Å²) in [7, 11) is 3.69. The number of nitrogens with zero attached hydrogens (tertiary/aromatic N) is 5. The Morgan fingerprint density at radius 3 is 2.87 bits per heavy atom. The summed E-state index contributed by atoms with van der Waals surface area (Å²) < 4.78 is 13.4. The van der Waals surface area contributed by atoms with E-state index in [1.807, 2.05) is 7.05 Å². The molecule has 130 valence electrons. The fraction of sp³-hybridized carbons (Fsp3) is 0.786. The highest BCUT2D eigenvalue weighted by molar-refractivity contribution is 14.0. The first-order chi connectivity index (χ1) is 10.8. The van der Waals surface area contributed by atoms with Gasteiger partial charge >= 0.3 is 0 Å². The van der Waals surface area contributed by atoms with Crippen LogP contribution in [-0.4, -0.2) is 71.2 Å². The lowest BCUT2D eigenvalue weighted by Crippen LogP contribution is -2.53. The van der Waals surface area contributed by atoms with Crippen molar-refractivity contribution < 1.29 is 9.47 Å². The second kappa shape index (κ2) is 8.78. The van der Waals surface area contributed by atoms with Gasteiger partial charge in [-0.15, -0.1) is 24.0 Å². The minimum Gasteiger partial charge on any atom is -0.375 e. The van der Waals surface area contributed by atoms with E-state index in [0.717, 1.165) is 44.3 Å². The topological polar surface area (TPSA) is 76.8 Å². The van der Waals surface area contributed by atoms with Crippen molar-refractivity contribution in [2.75, 3.05) is 33.4 Å². The van der Waals surface area contributed by atoms with Gasteiger partial charge in [-0.3, -0.25) is 9.67 Å². The van der Waals surface area contributed by atoms with Crippen LogP contribution in [0, 0.1) is 0 Å². The van der Waals surface area contributed by atoms with Crippen LogP contribution in [0.5, 0.6) is 0 Å². The first-order valence-corrected chi connectivity index (χ1v) is 7.79. The van der Waals surface area contributed by atoms with Crippen molar-refractivity contribution in [2.45, 2.75) is 31.6 Å². The minimum absolute atomic E-state index is 0. The third kappa shape index (κ3) is 4.54. The Morgan fingerprint density at radius 2 is 2.22 bits per heavy atom. The molecule has 0 radical (unpaired) electrons. The largest absolute Gasteiger partial charge is 0.375 e. The Balaban J connectivity index is 0.00000192. The number of nitrogens with one attached hydrogen (secondary N) is 1. The Kier molecular flexibility index (Phi) is 7.03. The molecule has 2 unspecified atom stereocenters.